The summed E-state index contributed by atoms with van der Waals surface area (Å²) in [5, 5.41) is 25.9. The molecule has 13 heteroatoms. The van der Waals surface area contributed by atoms with E-state index in [0.29, 0.717) is 5.56 Å². The van der Waals surface area contributed by atoms with Gasteiger partial charge < -0.3 is 37.6 Å². The van der Waals surface area contributed by atoms with E-state index in [1.165, 1.54) is 12.1 Å². The molecule has 0 aromatic heterocycles. The van der Waals surface area contributed by atoms with Crippen LogP contribution in [0, 0.1) is 0 Å². The zero-order valence-electron chi connectivity index (χ0n) is 20.4. The van der Waals surface area contributed by atoms with Crippen LogP contribution in [0.5, 0.6) is 5.75 Å². The molecule has 0 bridgehead atoms. The Morgan fingerprint density at radius 3 is 1.84 bits per heavy atom. The van der Waals surface area contributed by atoms with Gasteiger partial charge in [-0.3, -0.25) is 19.2 Å². The second-order valence-electron chi connectivity index (χ2n) is 8.54. The molecule has 38 heavy (non-hydrogen) atoms. The maximum Gasteiger partial charge on any atom is 0.327 e. The highest BCUT2D eigenvalue weighted by molar-refractivity contribution is 7.80. The second kappa shape index (κ2) is 14.6. The predicted molar refractivity (Wildman–Crippen MR) is 141 cm³/mol. The first-order chi connectivity index (χ1) is 18.0. The Labute approximate surface area is 224 Å². The molecule has 0 heterocycles. The summed E-state index contributed by atoms with van der Waals surface area (Å²) in [5.74, 6) is -4.96. The Hall–Kier alpha value is -4.10. The molecule has 0 radical (unpaired) electrons. The highest BCUT2D eigenvalue weighted by Gasteiger charge is 2.31. The third-order valence-corrected chi connectivity index (χ3v) is 5.84. The van der Waals surface area contributed by atoms with E-state index in [4.69, 9.17) is 11.5 Å². The number of carboxylic acids is 1. The molecule has 204 valence electrons. The number of carbonyl (C=O) groups excluding carboxylic acids is 4. The molecule has 0 saturated heterocycles. The fourth-order valence-corrected chi connectivity index (χ4v) is 3.70. The van der Waals surface area contributed by atoms with Crippen molar-refractivity contribution in [1.82, 2.24) is 16.0 Å². The van der Waals surface area contributed by atoms with E-state index in [9.17, 15) is 34.2 Å². The maximum absolute atomic E-state index is 13.2. The van der Waals surface area contributed by atoms with Gasteiger partial charge in [-0.25, -0.2) is 4.79 Å². The van der Waals surface area contributed by atoms with Crippen LogP contribution in [0.1, 0.15) is 17.5 Å². The van der Waals surface area contributed by atoms with Crippen LogP contribution >= 0.6 is 12.6 Å². The van der Waals surface area contributed by atoms with Crippen molar-refractivity contribution in [1.29, 1.82) is 0 Å². The normalized spacial score (nSPS) is 13.8. The number of aromatic hydroxyl groups is 1. The summed E-state index contributed by atoms with van der Waals surface area (Å²) in [6, 6.07) is 9.79. The van der Waals surface area contributed by atoms with E-state index in [2.05, 4.69) is 28.6 Å². The minimum absolute atomic E-state index is 0.000891. The van der Waals surface area contributed by atoms with Crippen molar-refractivity contribution in [2.75, 3.05) is 5.75 Å². The topological polar surface area (TPSA) is 214 Å². The van der Waals surface area contributed by atoms with Crippen LogP contribution in [0.3, 0.4) is 0 Å². The Kier molecular flexibility index (Phi) is 11.6. The number of primary amides is 1. The van der Waals surface area contributed by atoms with Gasteiger partial charge in [0.2, 0.25) is 23.6 Å². The fraction of sp³-hybridized carbons (Fsp3) is 0.320. The molecule has 9 N–H and O–H groups in total. The van der Waals surface area contributed by atoms with E-state index < -0.39 is 60.2 Å². The summed E-state index contributed by atoms with van der Waals surface area (Å²) in [7, 11) is 0. The van der Waals surface area contributed by atoms with Crippen LogP contribution in [0.4, 0.5) is 0 Å². The van der Waals surface area contributed by atoms with Gasteiger partial charge in [0.25, 0.3) is 0 Å². The lowest BCUT2D eigenvalue weighted by molar-refractivity contribution is -0.141. The van der Waals surface area contributed by atoms with Crippen LogP contribution < -0.4 is 27.4 Å². The molecule has 12 nitrogen and oxygen atoms in total. The van der Waals surface area contributed by atoms with E-state index >= 15 is 0 Å². The number of hydrogen-bond donors (Lipinski definition) is 8. The highest BCUT2D eigenvalue weighted by atomic mass is 32.1. The largest absolute Gasteiger partial charge is 0.508 e. The monoisotopic (exact) mass is 545 g/mol. The van der Waals surface area contributed by atoms with Gasteiger partial charge >= 0.3 is 5.97 Å². The number of aliphatic carboxylic acids is 1. The first-order valence-electron chi connectivity index (χ1n) is 11.6. The van der Waals surface area contributed by atoms with Gasteiger partial charge in [-0.05, 0) is 29.7 Å². The van der Waals surface area contributed by atoms with Crippen LogP contribution in [0.2, 0.25) is 0 Å². The summed E-state index contributed by atoms with van der Waals surface area (Å²) < 4.78 is 0. The summed E-state index contributed by atoms with van der Waals surface area (Å²) in [6.07, 6.45) is -0.466. The molecular weight excluding hydrogens is 514 g/mol. The average Bonchev–Trinajstić information content (AvgIpc) is 2.87. The number of thiol groups is 1. The van der Waals surface area contributed by atoms with Gasteiger partial charge in [0.1, 0.15) is 23.9 Å². The third-order valence-electron chi connectivity index (χ3n) is 5.48. The van der Waals surface area contributed by atoms with E-state index in [1.54, 1.807) is 36.4 Å². The first kappa shape index (κ1) is 30.1. The zero-order valence-corrected chi connectivity index (χ0v) is 21.3. The van der Waals surface area contributed by atoms with Gasteiger partial charge in [-0.1, -0.05) is 42.5 Å². The number of amides is 4. The Morgan fingerprint density at radius 1 is 0.763 bits per heavy atom. The van der Waals surface area contributed by atoms with E-state index in [0.717, 1.165) is 5.56 Å². The van der Waals surface area contributed by atoms with Crippen LogP contribution in [-0.4, -0.2) is 69.7 Å². The second-order valence-corrected chi connectivity index (χ2v) is 8.91. The van der Waals surface area contributed by atoms with Crippen molar-refractivity contribution < 1.29 is 34.2 Å². The summed E-state index contributed by atoms with van der Waals surface area (Å²) in [6.45, 7) is 0. The van der Waals surface area contributed by atoms with Crippen molar-refractivity contribution in [2.45, 2.75) is 43.4 Å². The molecule has 0 aliphatic heterocycles. The van der Waals surface area contributed by atoms with E-state index in [-0.39, 0.29) is 24.3 Å². The number of carboxylic acid groups (broad SMARTS) is 1. The summed E-state index contributed by atoms with van der Waals surface area (Å²) >= 11 is 3.87. The number of benzene rings is 2. The van der Waals surface area contributed by atoms with Crippen molar-refractivity contribution in [2.24, 2.45) is 11.5 Å². The number of hydrogen-bond acceptors (Lipinski definition) is 8. The van der Waals surface area contributed by atoms with Crippen molar-refractivity contribution in [3.8, 4) is 5.75 Å². The summed E-state index contributed by atoms with van der Waals surface area (Å²) in [4.78, 5) is 61.6. The molecule has 0 aliphatic rings. The van der Waals surface area contributed by atoms with Gasteiger partial charge in [-0.2, -0.15) is 12.6 Å². The van der Waals surface area contributed by atoms with Crippen LogP contribution in [0.15, 0.2) is 54.6 Å². The molecule has 0 aliphatic carbocycles. The van der Waals surface area contributed by atoms with Gasteiger partial charge in [0.05, 0.1) is 12.5 Å². The minimum atomic E-state index is -1.51. The zero-order chi connectivity index (χ0) is 28.2. The standard InChI is InChI=1S/C25H31N5O7S/c26-17(10-14-4-2-1-3-5-14)22(33)28-18(11-15-6-8-16(31)9-7-15)23(34)29-19(12-21(27)32)24(35)30-20(13-38)25(36)37/h1-9,17-20,31,38H,10-13,26H2,(H2,27,32)(H,28,33)(H,29,34)(H,30,35)(H,36,37). The SMILES string of the molecule is NC(=O)CC(NC(=O)C(Cc1ccc(O)cc1)NC(=O)C(N)Cc1ccccc1)C(=O)NC(CS)C(=O)O. The quantitative estimate of drug-likeness (QED) is 0.135. The molecule has 0 fully saturated rings. The smallest absolute Gasteiger partial charge is 0.327 e. The Bertz CT molecular complexity index is 1130. The summed E-state index contributed by atoms with van der Waals surface area (Å²) in [5.41, 5.74) is 12.7. The number of phenols is 1. The number of rotatable bonds is 14. The number of phenolic OH excluding ortho intramolecular Hbond substituents is 1. The van der Waals surface area contributed by atoms with Gasteiger partial charge in [0, 0.05) is 12.2 Å². The third kappa shape index (κ3) is 9.75. The lowest BCUT2D eigenvalue weighted by Crippen LogP contribution is -2.58. The average molecular weight is 546 g/mol. The molecule has 4 amide bonds. The van der Waals surface area contributed by atoms with Crippen molar-refractivity contribution in [3.63, 3.8) is 0 Å². The molecule has 2 aromatic rings. The number of nitrogens with one attached hydrogen (secondary N) is 3. The highest BCUT2D eigenvalue weighted by Crippen LogP contribution is 2.12. The Morgan fingerprint density at radius 2 is 1.29 bits per heavy atom. The van der Waals surface area contributed by atoms with E-state index in [1.807, 2.05) is 6.07 Å². The Balaban J connectivity index is 2.23. The molecule has 0 saturated carbocycles. The lowest BCUT2D eigenvalue weighted by Gasteiger charge is -2.24. The lowest BCUT2D eigenvalue weighted by atomic mass is 10.0. The van der Waals surface area contributed by atoms with Crippen LogP contribution in [-0.2, 0) is 36.8 Å². The first-order valence-corrected chi connectivity index (χ1v) is 12.2. The van der Waals surface area contributed by atoms with Crippen molar-refractivity contribution >= 4 is 42.2 Å². The van der Waals surface area contributed by atoms with Crippen molar-refractivity contribution in [3.05, 3.63) is 65.7 Å². The fourth-order valence-electron chi connectivity index (χ4n) is 3.46. The van der Waals surface area contributed by atoms with Gasteiger partial charge in [-0.15, -0.1) is 0 Å². The maximum atomic E-state index is 13.2. The predicted octanol–water partition coefficient (Wildman–Crippen LogP) is -1.15. The molecule has 2 aromatic carbocycles. The molecule has 2 rings (SSSR count). The van der Waals surface area contributed by atoms with Gasteiger partial charge in [0.15, 0.2) is 0 Å². The molecule has 4 unspecified atom stereocenters. The van der Waals surface area contributed by atoms with Crippen LogP contribution in [0.25, 0.3) is 0 Å². The number of nitrogens with two attached hydrogens (primary N) is 2. The molecular formula is C25H31N5O7S. The number of carbonyl (C=O) groups is 5. The minimum Gasteiger partial charge on any atom is -0.508 e. The molecule has 0 spiro atoms. The molecule has 4 atom stereocenters.